The van der Waals surface area contributed by atoms with Crippen molar-refractivity contribution in [1.82, 2.24) is 0 Å². The Morgan fingerprint density at radius 1 is 1.07 bits per heavy atom. The van der Waals surface area contributed by atoms with Crippen LogP contribution in [0.2, 0.25) is 0 Å². The van der Waals surface area contributed by atoms with Crippen LogP contribution in [0.3, 0.4) is 0 Å². The van der Waals surface area contributed by atoms with Gasteiger partial charge < -0.3 is 20.1 Å². The lowest BCUT2D eigenvalue weighted by molar-refractivity contribution is -0.277. The molecule has 0 saturated carbocycles. The number of fused-ring (bicyclic) bond motifs is 1. The van der Waals surface area contributed by atoms with Crippen molar-refractivity contribution < 1.29 is 20.1 Å². The molecule has 15 heavy (non-hydrogen) atoms. The van der Waals surface area contributed by atoms with E-state index in [4.69, 9.17) is 0 Å². The van der Waals surface area contributed by atoms with Crippen molar-refractivity contribution in [3.05, 3.63) is 35.9 Å². The van der Waals surface area contributed by atoms with Gasteiger partial charge in [0, 0.05) is 0 Å². The zero-order chi connectivity index (χ0) is 11.0. The summed E-state index contributed by atoms with van der Waals surface area (Å²) < 4.78 is 0. The summed E-state index contributed by atoms with van der Waals surface area (Å²) in [5.74, 6) is -2.78. The second kappa shape index (κ2) is 3.16. The summed E-state index contributed by atoms with van der Waals surface area (Å²) in [4.78, 5) is 10.6. The Morgan fingerprint density at radius 2 is 1.67 bits per heavy atom. The molecule has 0 spiro atoms. The third-order valence-corrected chi connectivity index (χ3v) is 2.18. The molecule has 0 unspecified atom stereocenters. The van der Waals surface area contributed by atoms with Gasteiger partial charge in [-0.15, -0.1) is 5.75 Å². The van der Waals surface area contributed by atoms with E-state index in [9.17, 15) is 20.1 Å². The van der Waals surface area contributed by atoms with Gasteiger partial charge in [-0.3, -0.25) is 0 Å². The fourth-order valence-corrected chi connectivity index (χ4v) is 1.47. The predicted molar refractivity (Wildman–Crippen MR) is 47.2 cm³/mol. The molecule has 0 heterocycles. The van der Waals surface area contributed by atoms with Crippen LogP contribution in [-0.4, -0.2) is 5.97 Å². The number of carboxylic acid groups (broad SMARTS) is 1. The second-order valence-corrected chi connectivity index (χ2v) is 3.08. The molecule has 0 aliphatic rings. The van der Waals surface area contributed by atoms with Gasteiger partial charge in [-0.05, 0) is 16.3 Å². The highest BCUT2D eigenvalue weighted by atomic mass is 16.4. The van der Waals surface area contributed by atoms with Crippen LogP contribution in [0.25, 0.3) is 10.8 Å². The molecule has 2 aromatic carbocycles. The zero-order valence-corrected chi connectivity index (χ0v) is 7.52. The van der Waals surface area contributed by atoms with E-state index in [1.54, 1.807) is 12.1 Å². The first-order valence-electron chi connectivity index (χ1n) is 4.22. The Bertz CT molecular complexity index is 546. The van der Waals surface area contributed by atoms with Gasteiger partial charge in [-0.2, -0.15) is 0 Å². The van der Waals surface area contributed by atoms with E-state index >= 15 is 0 Å². The van der Waals surface area contributed by atoms with Crippen LogP contribution >= 0.6 is 0 Å². The van der Waals surface area contributed by atoms with Crippen LogP contribution in [0.15, 0.2) is 30.3 Å². The van der Waals surface area contributed by atoms with Crippen molar-refractivity contribution >= 4 is 16.7 Å². The molecule has 0 aliphatic heterocycles. The quantitative estimate of drug-likeness (QED) is 0.613. The molecule has 0 amide bonds. The number of benzene rings is 2. The Morgan fingerprint density at radius 3 is 2.27 bits per heavy atom. The summed E-state index contributed by atoms with van der Waals surface area (Å²) in [5.41, 5.74) is -0.585. The predicted octanol–water partition coefficient (Wildman–Crippen LogP) is -0.650. The average Bonchev–Trinajstić information content (AvgIpc) is 2.23. The Hall–Kier alpha value is -2.23. The van der Waals surface area contributed by atoms with E-state index in [1.807, 2.05) is 0 Å². The number of hydrogen-bond acceptors (Lipinski definition) is 4. The Kier molecular flexibility index (Phi) is 1.97. The fourth-order valence-electron chi connectivity index (χ4n) is 1.47. The minimum absolute atomic E-state index is 0.115. The van der Waals surface area contributed by atoms with Crippen molar-refractivity contribution in [3.8, 4) is 11.5 Å². The maximum atomic E-state index is 11.6. The first-order valence-corrected chi connectivity index (χ1v) is 4.22. The van der Waals surface area contributed by atoms with E-state index in [2.05, 4.69) is 0 Å². The first-order chi connectivity index (χ1) is 7.11. The molecule has 4 nitrogen and oxygen atoms in total. The fraction of sp³-hybridized carbons (Fsp3) is 0. The van der Waals surface area contributed by atoms with Crippen LogP contribution in [0.4, 0.5) is 0 Å². The van der Waals surface area contributed by atoms with Crippen molar-refractivity contribution in [2.24, 2.45) is 0 Å². The third kappa shape index (κ3) is 1.36. The first kappa shape index (κ1) is 9.33. The lowest BCUT2D eigenvalue weighted by Crippen LogP contribution is -2.24. The summed E-state index contributed by atoms with van der Waals surface area (Å²) >= 11 is 0. The largest absolute Gasteiger partial charge is 0.872 e. The van der Waals surface area contributed by atoms with Crippen molar-refractivity contribution in [2.45, 2.75) is 0 Å². The molecule has 0 atom stereocenters. The molecule has 0 fully saturated rings. The molecular formula is C11H5O4-3. The molecule has 0 radical (unpaired) electrons. The van der Waals surface area contributed by atoms with Crippen molar-refractivity contribution in [3.63, 3.8) is 0 Å². The zero-order valence-electron chi connectivity index (χ0n) is 7.52. The maximum Gasteiger partial charge on any atom is 0.0709 e. The number of hydrogen-bond donors (Lipinski definition) is 0. The molecule has 0 aromatic heterocycles. The summed E-state index contributed by atoms with van der Waals surface area (Å²) in [5, 5.41) is 33.9. The normalized spacial score (nSPS) is 10.4. The number of carbonyl (C=O) groups is 1. The minimum atomic E-state index is -1.62. The highest BCUT2D eigenvalue weighted by Crippen LogP contribution is 2.31. The Labute approximate surface area is 85.0 Å². The molecule has 2 rings (SSSR count). The monoisotopic (exact) mass is 201 g/mol. The SMILES string of the molecule is O=C([O-])c1cc([O-])c2ccccc2c1[O-]. The van der Waals surface area contributed by atoms with E-state index in [0.29, 0.717) is 0 Å². The van der Waals surface area contributed by atoms with E-state index in [1.165, 1.54) is 12.1 Å². The number of aromatic carboxylic acids is 1. The van der Waals surface area contributed by atoms with Gasteiger partial charge in [-0.25, -0.2) is 0 Å². The molecule has 0 aliphatic carbocycles. The van der Waals surface area contributed by atoms with Gasteiger partial charge in [0.1, 0.15) is 0 Å². The van der Waals surface area contributed by atoms with E-state index in [-0.39, 0.29) is 10.8 Å². The summed E-state index contributed by atoms with van der Waals surface area (Å²) in [6.45, 7) is 0. The molecule has 76 valence electrons. The smallest absolute Gasteiger partial charge is 0.0709 e. The van der Waals surface area contributed by atoms with Crippen LogP contribution in [0, 0.1) is 0 Å². The van der Waals surface area contributed by atoms with Crippen molar-refractivity contribution in [2.75, 3.05) is 0 Å². The summed E-state index contributed by atoms with van der Waals surface area (Å²) in [6, 6.07) is 6.90. The minimum Gasteiger partial charge on any atom is -0.872 e. The van der Waals surface area contributed by atoms with Gasteiger partial charge in [0.2, 0.25) is 0 Å². The van der Waals surface area contributed by atoms with Gasteiger partial charge >= 0.3 is 0 Å². The standard InChI is InChI=1S/C11H8O4/c12-9-5-8(11(14)15)10(13)7-4-2-1-3-6(7)9/h1-5,12-13H,(H,14,15)/p-3. The molecule has 2 aromatic rings. The van der Waals surface area contributed by atoms with E-state index in [0.717, 1.165) is 6.07 Å². The molecule has 0 bridgehead atoms. The third-order valence-electron chi connectivity index (χ3n) is 2.18. The summed E-state index contributed by atoms with van der Waals surface area (Å²) in [7, 11) is 0. The maximum absolute atomic E-state index is 11.6. The van der Waals surface area contributed by atoms with Crippen LogP contribution < -0.4 is 15.3 Å². The number of carboxylic acids is 1. The number of carbonyl (C=O) groups excluding carboxylic acids is 1. The molecular weight excluding hydrogens is 196 g/mol. The topological polar surface area (TPSA) is 86.2 Å². The number of rotatable bonds is 1. The molecule has 0 N–H and O–H groups in total. The van der Waals surface area contributed by atoms with Crippen LogP contribution in [0.1, 0.15) is 10.4 Å². The van der Waals surface area contributed by atoms with Gasteiger partial charge in [0.05, 0.1) is 5.97 Å². The lowest BCUT2D eigenvalue weighted by Gasteiger charge is -2.22. The van der Waals surface area contributed by atoms with Gasteiger partial charge in [0.25, 0.3) is 0 Å². The van der Waals surface area contributed by atoms with Crippen LogP contribution in [-0.2, 0) is 0 Å². The second-order valence-electron chi connectivity index (χ2n) is 3.08. The van der Waals surface area contributed by atoms with Gasteiger partial charge in [0.15, 0.2) is 0 Å². The van der Waals surface area contributed by atoms with Crippen molar-refractivity contribution in [1.29, 1.82) is 0 Å². The molecule has 0 saturated heterocycles. The van der Waals surface area contributed by atoms with Gasteiger partial charge in [-0.1, -0.05) is 36.1 Å². The van der Waals surface area contributed by atoms with Crippen LogP contribution in [0.5, 0.6) is 11.5 Å². The molecule has 4 heteroatoms. The Balaban J connectivity index is 2.90. The highest BCUT2D eigenvalue weighted by molar-refractivity contribution is 6.01. The highest BCUT2D eigenvalue weighted by Gasteiger charge is 2.01. The average molecular weight is 201 g/mol. The lowest BCUT2D eigenvalue weighted by atomic mass is 10.0. The van der Waals surface area contributed by atoms with E-state index < -0.39 is 23.0 Å². The summed E-state index contributed by atoms with van der Waals surface area (Å²) in [6.07, 6.45) is 0.